The molecular formula is C20H19N5O2S. The number of benzene rings is 1. The molecule has 0 bridgehead atoms. The van der Waals surface area contributed by atoms with Gasteiger partial charge in [-0.1, -0.05) is 30.0 Å². The summed E-state index contributed by atoms with van der Waals surface area (Å²) in [5.74, 6) is -0.152. The van der Waals surface area contributed by atoms with Gasteiger partial charge < -0.3 is 9.97 Å². The monoisotopic (exact) mass is 393 g/mol. The predicted octanol–water partition coefficient (Wildman–Crippen LogP) is 4.02. The Kier molecular flexibility index (Phi) is 4.50. The third-order valence-electron chi connectivity index (χ3n) is 4.79. The van der Waals surface area contributed by atoms with Crippen molar-refractivity contribution in [2.45, 2.75) is 38.1 Å². The third-order valence-corrected chi connectivity index (χ3v) is 5.74. The van der Waals surface area contributed by atoms with E-state index in [-0.39, 0.29) is 11.6 Å². The van der Waals surface area contributed by atoms with Crippen LogP contribution in [0, 0.1) is 13.8 Å². The zero-order chi connectivity index (χ0) is 20.0. The lowest BCUT2D eigenvalue weighted by Gasteiger charge is -2.08. The number of ketones is 2. The van der Waals surface area contributed by atoms with E-state index in [4.69, 9.17) is 0 Å². The molecule has 0 unspecified atom stereocenters. The smallest absolute Gasteiger partial charge is 0.211 e. The lowest BCUT2D eigenvalue weighted by atomic mass is 10.0. The molecule has 0 aliphatic rings. The number of aromatic nitrogens is 5. The highest BCUT2D eigenvalue weighted by Gasteiger charge is 2.25. The number of carbonyl (C=O) groups excluding carboxylic acids is 2. The second-order valence-electron chi connectivity index (χ2n) is 6.77. The van der Waals surface area contributed by atoms with Gasteiger partial charge in [-0.25, -0.2) is 4.98 Å². The van der Waals surface area contributed by atoms with Gasteiger partial charge in [-0.3, -0.25) is 9.59 Å². The van der Waals surface area contributed by atoms with E-state index >= 15 is 0 Å². The van der Waals surface area contributed by atoms with E-state index in [0.29, 0.717) is 38.8 Å². The molecule has 142 valence electrons. The number of thioether (sulfide) groups is 1. The number of aryl methyl sites for hydroxylation is 1. The summed E-state index contributed by atoms with van der Waals surface area (Å²) in [6.45, 7) is 6.90. The Bertz CT molecular complexity index is 1240. The maximum Gasteiger partial charge on any atom is 0.211 e. The number of hydrogen-bond acceptors (Lipinski definition) is 6. The standard InChI is InChI=1S/C20H19N5O2S/c1-9-15(11(3)26)10(2)21-16(9)18(27)12(4)28-20-23-19-17(24-25-20)13-7-5-6-8-14(13)22-19/h5-8,12,21H,1-4H3,(H,22,23,25)/t12-/m1/s1. The second kappa shape index (κ2) is 6.87. The Morgan fingerprint density at radius 1 is 1.11 bits per heavy atom. The molecule has 1 atom stereocenters. The highest BCUT2D eigenvalue weighted by atomic mass is 32.2. The van der Waals surface area contributed by atoms with Gasteiger partial charge in [0.25, 0.3) is 0 Å². The first-order valence-corrected chi connectivity index (χ1v) is 9.77. The molecule has 0 radical (unpaired) electrons. The Hall–Kier alpha value is -3.00. The molecule has 28 heavy (non-hydrogen) atoms. The number of H-pyrrole nitrogens is 2. The first-order valence-electron chi connectivity index (χ1n) is 8.89. The number of para-hydroxylation sites is 1. The van der Waals surface area contributed by atoms with Crippen LogP contribution in [0.2, 0.25) is 0 Å². The van der Waals surface area contributed by atoms with Crippen molar-refractivity contribution in [3.05, 3.63) is 46.8 Å². The largest absolute Gasteiger partial charge is 0.355 e. The Balaban J connectivity index is 1.62. The molecule has 2 N–H and O–H groups in total. The average molecular weight is 393 g/mol. The molecule has 1 aromatic carbocycles. The first kappa shape index (κ1) is 18.4. The van der Waals surface area contributed by atoms with Crippen molar-refractivity contribution in [3.63, 3.8) is 0 Å². The molecule has 0 fully saturated rings. The van der Waals surface area contributed by atoms with E-state index in [0.717, 1.165) is 10.9 Å². The van der Waals surface area contributed by atoms with Crippen LogP contribution >= 0.6 is 11.8 Å². The molecule has 0 aliphatic heterocycles. The summed E-state index contributed by atoms with van der Waals surface area (Å²) < 4.78 is 0. The molecule has 0 amide bonds. The van der Waals surface area contributed by atoms with Crippen LogP contribution in [-0.4, -0.2) is 42.0 Å². The first-order chi connectivity index (χ1) is 13.4. The molecule has 3 aromatic heterocycles. The van der Waals surface area contributed by atoms with Crippen LogP contribution in [0.3, 0.4) is 0 Å². The zero-order valence-electron chi connectivity index (χ0n) is 16.0. The normalized spacial score (nSPS) is 12.6. The summed E-state index contributed by atoms with van der Waals surface area (Å²) in [6.07, 6.45) is 0. The van der Waals surface area contributed by atoms with Gasteiger partial charge in [0.05, 0.1) is 10.9 Å². The van der Waals surface area contributed by atoms with Crippen molar-refractivity contribution in [2.75, 3.05) is 0 Å². The van der Waals surface area contributed by atoms with Gasteiger partial charge in [0.1, 0.15) is 5.52 Å². The minimum Gasteiger partial charge on any atom is -0.355 e. The third kappa shape index (κ3) is 2.99. The van der Waals surface area contributed by atoms with Crippen LogP contribution in [0.15, 0.2) is 29.4 Å². The molecule has 8 heteroatoms. The molecule has 4 rings (SSSR count). The number of Topliss-reactive ketones (excluding diaryl/α,β-unsaturated/α-hetero) is 2. The molecule has 0 saturated heterocycles. The van der Waals surface area contributed by atoms with Crippen LogP contribution in [0.1, 0.15) is 46.0 Å². The minimum absolute atomic E-state index is 0.0533. The maximum atomic E-state index is 12.9. The SMILES string of the molecule is CC(=O)c1c(C)[nH]c(C(=O)[C@@H](C)Sc2nnc3c(n2)[nH]c2ccccc23)c1C. The van der Waals surface area contributed by atoms with Gasteiger partial charge in [0.15, 0.2) is 17.2 Å². The van der Waals surface area contributed by atoms with Crippen LogP contribution in [0.4, 0.5) is 0 Å². The fraction of sp³-hybridized carbons (Fsp3) is 0.250. The molecule has 0 spiro atoms. The van der Waals surface area contributed by atoms with Crippen LogP contribution in [-0.2, 0) is 0 Å². The fourth-order valence-electron chi connectivity index (χ4n) is 3.50. The van der Waals surface area contributed by atoms with E-state index in [1.807, 2.05) is 24.3 Å². The predicted molar refractivity (Wildman–Crippen MR) is 109 cm³/mol. The summed E-state index contributed by atoms with van der Waals surface area (Å²) in [6, 6.07) is 7.81. The number of rotatable bonds is 5. The van der Waals surface area contributed by atoms with Gasteiger partial charge in [-0.2, -0.15) is 0 Å². The fourth-order valence-corrected chi connectivity index (χ4v) is 4.27. The van der Waals surface area contributed by atoms with Crippen molar-refractivity contribution in [1.29, 1.82) is 0 Å². The highest BCUT2D eigenvalue weighted by molar-refractivity contribution is 8.00. The van der Waals surface area contributed by atoms with Crippen LogP contribution in [0.25, 0.3) is 22.1 Å². The van der Waals surface area contributed by atoms with Crippen molar-refractivity contribution >= 4 is 45.4 Å². The van der Waals surface area contributed by atoms with Gasteiger partial charge in [-0.05, 0) is 39.3 Å². The lowest BCUT2D eigenvalue weighted by molar-refractivity contribution is 0.0988. The van der Waals surface area contributed by atoms with Crippen molar-refractivity contribution in [2.24, 2.45) is 0 Å². The minimum atomic E-state index is -0.430. The number of fused-ring (bicyclic) bond motifs is 3. The summed E-state index contributed by atoms with van der Waals surface area (Å²) >= 11 is 1.24. The molecular weight excluding hydrogens is 374 g/mol. The summed E-state index contributed by atoms with van der Waals surface area (Å²) in [4.78, 5) is 35.5. The summed E-state index contributed by atoms with van der Waals surface area (Å²) in [7, 11) is 0. The topological polar surface area (TPSA) is 104 Å². The van der Waals surface area contributed by atoms with E-state index in [2.05, 4.69) is 25.1 Å². The molecule has 4 aromatic rings. The van der Waals surface area contributed by atoms with E-state index in [9.17, 15) is 9.59 Å². The van der Waals surface area contributed by atoms with Gasteiger partial charge in [-0.15, -0.1) is 10.2 Å². The van der Waals surface area contributed by atoms with E-state index in [1.165, 1.54) is 18.7 Å². The molecule has 0 saturated carbocycles. The van der Waals surface area contributed by atoms with Crippen molar-refractivity contribution in [3.8, 4) is 0 Å². The average Bonchev–Trinajstić information content (AvgIpc) is 3.17. The number of aromatic amines is 2. The molecule has 3 heterocycles. The van der Waals surface area contributed by atoms with Crippen molar-refractivity contribution < 1.29 is 9.59 Å². The van der Waals surface area contributed by atoms with Crippen LogP contribution in [0.5, 0.6) is 0 Å². The summed E-state index contributed by atoms with van der Waals surface area (Å²) in [5.41, 5.74) is 4.74. The Labute approximate surface area is 165 Å². The lowest BCUT2D eigenvalue weighted by Crippen LogP contribution is -2.16. The van der Waals surface area contributed by atoms with E-state index in [1.54, 1.807) is 20.8 Å². The second-order valence-corrected chi connectivity index (χ2v) is 8.08. The zero-order valence-corrected chi connectivity index (χ0v) is 16.8. The van der Waals surface area contributed by atoms with Crippen molar-refractivity contribution in [1.82, 2.24) is 25.1 Å². The molecule has 0 aliphatic carbocycles. The summed E-state index contributed by atoms with van der Waals surface area (Å²) in [5, 5.41) is 9.43. The quantitative estimate of drug-likeness (QED) is 0.392. The highest BCUT2D eigenvalue weighted by Crippen LogP contribution is 2.28. The van der Waals surface area contributed by atoms with Gasteiger partial charge >= 0.3 is 0 Å². The van der Waals surface area contributed by atoms with Gasteiger partial charge in [0.2, 0.25) is 5.16 Å². The molecule has 7 nitrogen and oxygen atoms in total. The Morgan fingerprint density at radius 2 is 1.86 bits per heavy atom. The maximum absolute atomic E-state index is 12.9. The number of nitrogens with one attached hydrogen (secondary N) is 2. The number of hydrogen-bond donors (Lipinski definition) is 2. The van der Waals surface area contributed by atoms with Crippen LogP contribution < -0.4 is 0 Å². The van der Waals surface area contributed by atoms with E-state index < -0.39 is 5.25 Å². The Morgan fingerprint density at radius 3 is 2.57 bits per heavy atom. The number of nitrogens with zero attached hydrogens (tertiary/aromatic N) is 3. The van der Waals surface area contributed by atoms with Gasteiger partial charge in [0, 0.05) is 22.2 Å². The number of carbonyl (C=O) groups is 2.